The van der Waals surface area contributed by atoms with Crippen LogP contribution in [0.15, 0.2) is 41.1 Å². The van der Waals surface area contributed by atoms with Crippen LogP contribution >= 0.6 is 22.6 Å². The summed E-state index contributed by atoms with van der Waals surface area (Å²) in [4.78, 5) is 15.6. The first-order chi connectivity index (χ1) is 6.79. The minimum Gasteiger partial charge on any atom is -0.442 e. The molecular formula is C10H6INO2. The van der Waals surface area contributed by atoms with Gasteiger partial charge in [-0.2, -0.15) is 0 Å². The van der Waals surface area contributed by atoms with Gasteiger partial charge in [-0.05, 0) is 34.7 Å². The van der Waals surface area contributed by atoms with E-state index in [-0.39, 0.29) is 11.7 Å². The molecule has 0 radical (unpaired) electrons. The molecule has 2 rings (SSSR count). The first-order valence-electron chi connectivity index (χ1n) is 3.98. The number of nitrogens with zero attached hydrogens (tertiary/aromatic N) is 1. The third kappa shape index (κ3) is 1.70. The standard InChI is InChI=1S/C10H6INO2/c11-8-4-2-1-3-7(8)9(13)10-12-5-6-14-10/h1-6H. The Morgan fingerprint density at radius 3 is 2.79 bits per heavy atom. The fourth-order valence-electron chi connectivity index (χ4n) is 1.10. The number of rotatable bonds is 2. The molecule has 0 aliphatic carbocycles. The molecule has 14 heavy (non-hydrogen) atoms. The molecule has 0 bridgehead atoms. The smallest absolute Gasteiger partial charge is 0.268 e. The molecule has 0 spiro atoms. The Balaban J connectivity index is 2.42. The molecular weight excluding hydrogens is 293 g/mol. The van der Waals surface area contributed by atoms with Crippen LogP contribution in [0, 0.1) is 3.57 Å². The molecule has 0 aliphatic rings. The molecule has 1 aromatic carbocycles. The predicted molar refractivity (Wildman–Crippen MR) is 59.1 cm³/mol. The second kappa shape index (κ2) is 3.91. The van der Waals surface area contributed by atoms with Crippen molar-refractivity contribution in [2.24, 2.45) is 0 Å². The van der Waals surface area contributed by atoms with Crippen molar-refractivity contribution in [2.45, 2.75) is 0 Å². The molecule has 0 saturated heterocycles. The van der Waals surface area contributed by atoms with E-state index in [1.807, 2.05) is 18.2 Å². The van der Waals surface area contributed by atoms with Gasteiger partial charge in [0.15, 0.2) is 0 Å². The highest BCUT2D eigenvalue weighted by atomic mass is 127. The summed E-state index contributed by atoms with van der Waals surface area (Å²) in [5.74, 6) is -0.0471. The molecule has 2 aromatic rings. The summed E-state index contributed by atoms with van der Waals surface area (Å²) in [5.41, 5.74) is 0.621. The summed E-state index contributed by atoms with van der Waals surface area (Å²) in [6.07, 6.45) is 2.85. The van der Waals surface area contributed by atoms with Gasteiger partial charge in [-0.15, -0.1) is 0 Å². The highest BCUT2D eigenvalue weighted by Crippen LogP contribution is 2.15. The number of aromatic nitrogens is 1. The first kappa shape index (κ1) is 9.39. The van der Waals surface area contributed by atoms with Gasteiger partial charge in [-0.25, -0.2) is 4.98 Å². The molecule has 0 amide bonds. The van der Waals surface area contributed by atoms with E-state index in [9.17, 15) is 4.79 Å². The third-order valence-corrected chi connectivity index (χ3v) is 2.69. The van der Waals surface area contributed by atoms with E-state index in [2.05, 4.69) is 27.6 Å². The van der Waals surface area contributed by atoms with Crippen LogP contribution in [0.3, 0.4) is 0 Å². The Morgan fingerprint density at radius 2 is 2.14 bits per heavy atom. The summed E-state index contributed by atoms with van der Waals surface area (Å²) >= 11 is 2.11. The average molecular weight is 299 g/mol. The van der Waals surface area contributed by atoms with Crippen LogP contribution in [0.4, 0.5) is 0 Å². The molecule has 0 N–H and O–H groups in total. The van der Waals surface area contributed by atoms with Crippen LogP contribution in [-0.4, -0.2) is 10.8 Å². The van der Waals surface area contributed by atoms with Crippen LogP contribution in [0.25, 0.3) is 0 Å². The van der Waals surface area contributed by atoms with Crippen LogP contribution in [0.5, 0.6) is 0 Å². The van der Waals surface area contributed by atoms with Crippen molar-refractivity contribution in [3.63, 3.8) is 0 Å². The lowest BCUT2D eigenvalue weighted by Gasteiger charge is -1.98. The van der Waals surface area contributed by atoms with Gasteiger partial charge in [0.25, 0.3) is 5.89 Å². The Hall–Kier alpha value is -1.17. The van der Waals surface area contributed by atoms with Crippen LogP contribution in [0.1, 0.15) is 16.2 Å². The molecule has 0 atom stereocenters. The van der Waals surface area contributed by atoms with Crippen molar-refractivity contribution in [1.29, 1.82) is 0 Å². The lowest BCUT2D eigenvalue weighted by Crippen LogP contribution is -2.03. The van der Waals surface area contributed by atoms with Gasteiger partial charge in [0.2, 0.25) is 5.78 Å². The summed E-state index contributed by atoms with van der Waals surface area (Å²) in [7, 11) is 0. The van der Waals surface area contributed by atoms with Crippen molar-refractivity contribution in [1.82, 2.24) is 4.98 Å². The van der Waals surface area contributed by atoms with Gasteiger partial charge in [0.05, 0.1) is 6.20 Å². The second-order valence-electron chi connectivity index (χ2n) is 2.65. The fraction of sp³-hybridized carbons (Fsp3) is 0. The Labute approximate surface area is 94.3 Å². The highest BCUT2D eigenvalue weighted by Gasteiger charge is 2.15. The quantitative estimate of drug-likeness (QED) is 0.632. The third-order valence-electron chi connectivity index (χ3n) is 1.75. The van der Waals surface area contributed by atoms with E-state index in [4.69, 9.17) is 4.42 Å². The van der Waals surface area contributed by atoms with E-state index in [1.165, 1.54) is 12.5 Å². The Kier molecular flexibility index (Phi) is 2.62. The highest BCUT2D eigenvalue weighted by molar-refractivity contribution is 14.1. The molecule has 1 heterocycles. The van der Waals surface area contributed by atoms with Crippen LogP contribution in [-0.2, 0) is 0 Å². The zero-order valence-corrected chi connectivity index (χ0v) is 9.26. The maximum absolute atomic E-state index is 11.8. The maximum atomic E-state index is 11.8. The summed E-state index contributed by atoms with van der Waals surface area (Å²) in [6, 6.07) is 7.33. The predicted octanol–water partition coefficient (Wildman–Crippen LogP) is 2.51. The number of halogens is 1. The Bertz CT molecular complexity index is 451. The van der Waals surface area contributed by atoms with Gasteiger partial charge in [0, 0.05) is 9.13 Å². The van der Waals surface area contributed by atoms with E-state index in [1.54, 1.807) is 6.07 Å². The summed E-state index contributed by atoms with van der Waals surface area (Å²) < 4.78 is 5.84. The number of benzene rings is 1. The normalized spacial score (nSPS) is 10.1. The molecule has 0 aliphatic heterocycles. The van der Waals surface area contributed by atoms with E-state index >= 15 is 0 Å². The zero-order valence-electron chi connectivity index (χ0n) is 7.11. The van der Waals surface area contributed by atoms with Gasteiger partial charge in [-0.1, -0.05) is 12.1 Å². The maximum Gasteiger partial charge on any atom is 0.268 e. The molecule has 70 valence electrons. The second-order valence-corrected chi connectivity index (χ2v) is 3.81. The van der Waals surface area contributed by atoms with Crippen LogP contribution in [0.2, 0.25) is 0 Å². The lowest BCUT2D eigenvalue weighted by molar-refractivity contribution is 0.100. The van der Waals surface area contributed by atoms with Crippen molar-refractivity contribution >= 4 is 28.4 Å². The van der Waals surface area contributed by atoms with Crippen molar-refractivity contribution in [3.8, 4) is 0 Å². The molecule has 1 aromatic heterocycles. The largest absolute Gasteiger partial charge is 0.442 e. The number of ketones is 1. The monoisotopic (exact) mass is 299 g/mol. The lowest BCUT2D eigenvalue weighted by atomic mass is 10.1. The van der Waals surface area contributed by atoms with Crippen molar-refractivity contribution < 1.29 is 9.21 Å². The first-order valence-corrected chi connectivity index (χ1v) is 5.05. The average Bonchev–Trinajstić information content (AvgIpc) is 2.70. The van der Waals surface area contributed by atoms with Gasteiger partial charge < -0.3 is 4.42 Å². The van der Waals surface area contributed by atoms with E-state index < -0.39 is 0 Å². The van der Waals surface area contributed by atoms with Crippen molar-refractivity contribution in [2.75, 3.05) is 0 Å². The Morgan fingerprint density at radius 1 is 1.36 bits per heavy atom. The van der Waals surface area contributed by atoms with E-state index in [0.29, 0.717) is 5.56 Å². The number of hydrogen-bond donors (Lipinski definition) is 0. The minimum absolute atomic E-state index is 0.133. The molecule has 0 saturated carbocycles. The number of hydrogen-bond acceptors (Lipinski definition) is 3. The number of oxazole rings is 1. The minimum atomic E-state index is -0.181. The summed E-state index contributed by atoms with van der Waals surface area (Å²) in [6.45, 7) is 0. The molecule has 0 fully saturated rings. The molecule has 0 unspecified atom stereocenters. The van der Waals surface area contributed by atoms with E-state index in [0.717, 1.165) is 3.57 Å². The molecule has 3 nitrogen and oxygen atoms in total. The van der Waals surface area contributed by atoms with Gasteiger partial charge >= 0.3 is 0 Å². The van der Waals surface area contributed by atoms with Crippen LogP contribution < -0.4 is 0 Å². The number of carbonyl (C=O) groups is 1. The summed E-state index contributed by atoms with van der Waals surface area (Å²) in [5, 5.41) is 0. The number of carbonyl (C=O) groups excluding carboxylic acids is 1. The fourth-order valence-corrected chi connectivity index (χ4v) is 1.73. The SMILES string of the molecule is O=C(c1ncco1)c1ccccc1I. The topological polar surface area (TPSA) is 43.1 Å². The van der Waals surface area contributed by atoms with Crippen molar-refractivity contribution in [3.05, 3.63) is 51.7 Å². The van der Waals surface area contributed by atoms with Gasteiger partial charge in [0.1, 0.15) is 6.26 Å². The van der Waals surface area contributed by atoms with Gasteiger partial charge in [-0.3, -0.25) is 4.79 Å². The zero-order chi connectivity index (χ0) is 9.97. The molecule has 4 heteroatoms.